The van der Waals surface area contributed by atoms with E-state index in [1.165, 1.54) is 24.0 Å². The molecule has 1 aliphatic carbocycles. The van der Waals surface area contributed by atoms with Gasteiger partial charge in [-0.15, -0.1) is 0 Å². The summed E-state index contributed by atoms with van der Waals surface area (Å²) in [6.07, 6.45) is 10.5. The summed E-state index contributed by atoms with van der Waals surface area (Å²) in [5.74, 6) is 0. The van der Waals surface area contributed by atoms with Crippen LogP contribution in [0, 0.1) is 0 Å². The van der Waals surface area contributed by atoms with Crippen LogP contribution in [0.5, 0.6) is 0 Å². The minimum atomic E-state index is 1.15. The normalized spacial score (nSPS) is 13.9. The number of rotatable bonds is 6. The van der Waals surface area contributed by atoms with Crippen molar-refractivity contribution in [3.63, 3.8) is 0 Å². The highest BCUT2D eigenvalue weighted by Crippen LogP contribution is 2.27. The summed E-state index contributed by atoms with van der Waals surface area (Å²) in [5.41, 5.74) is 6.08. The minimum Gasteiger partial charge on any atom is -0.0802 e. The van der Waals surface area contributed by atoms with Gasteiger partial charge in [0.1, 0.15) is 0 Å². The molecule has 0 atom stereocenters. The molecule has 0 fully saturated rings. The van der Waals surface area contributed by atoms with Gasteiger partial charge < -0.3 is 0 Å². The summed E-state index contributed by atoms with van der Waals surface area (Å²) in [6, 6.07) is 21.6. The Balaban J connectivity index is 1.58. The van der Waals surface area contributed by atoms with Crippen molar-refractivity contribution in [1.29, 1.82) is 0 Å². The van der Waals surface area contributed by atoms with E-state index in [9.17, 15) is 0 Å². The van der Waals surface area contributed by atoms with Crippen LogP contribution in [0.3, 0.4) is 0 Å². The molecule has 0 unspecified atom stereocenters. The maximum absolute atomic E-state index is 2.34. The Bertz CT molecular complexity index is 618. The Morgan fingerprint density at radius 3 is 1.81 bits per heavy atom. The maximum Gasteiger partial charge on any atom is -0.0130 e. The zero-order valence-corrected chi connectivity index (χ0v) is 12.5. The van der Waals surface area contributed by atoms with Gasteiger partial charge in [-0.2, -0.15) is 0 Å². The summed E-state index contributed by atoms with van der Waals surface area (Å²) >= 11 is 0. The zero-order valence-electron chi connectivity index (χ0n) is 12.5. The lowest BCUT2D eigenvalue weighted by molar-refractivity contribution is 0.876. The highest BCUT2D eigenvalue weighted by atomic mass is 14.1. The molecule has 0 amide bonds. The average Bonchev–Trinajstić information content (AvgIpc) is 3.00. The van der Waals surface area contributed by atoms with Gasteiger partial charge in [0.25, 0.3) is 0 Å². The van der Waals surface area contributed by atoms with Crippen molar-refractivity contribution in [2.24, 2.45) is 0 Å². The molecule has 2 aromatic carbocycles. The van der Waals surface area contributed by atoms with Gasteiger partial charge in [-0.25, -0.2) is 0 Å². The van der Waals surface area contributed by atoms with E-state index in [1.807, 2.05) is 0 Å². The Kier molecular flexibility index (Phi) is 4.68. The second-order valence-electron chi connectivity index (χ2n) is 5.71. The van der Waals surface area contributed by atoms with Gasteiger partial charge in [0, 0.05) is 0 Å². The number of aryl methyl sites for hydroxylation is 2. The third-order valence-corrected chi connectivity index (χ3v) is 4.22. The Morgan fingerprint density at radius 1 is 0.619 bits per heavy atom. The summed E-state index contributed by atoms with van der Waals surface area (Å²) < 4.78 is 0. The van der Waals surface area contributed by atoms with Crippen molar-refractivity contribution in [3.8, 4) is 0 Å². The lowest BCUT2D eigenvalue weighted by Gasteiger charge is -2.08. The fourth-order valence-electron chi connectivity index (χ4n) is 2.98. The third kappa shape index (κ3) is 3.95. The van der Waals surface area contributed by atoms with Crippen molar-refractivity contribution < 1.29 is 0 Å². The molecule has 0 heteroatoms. The molecule has 0 saturated heterocycles. The highest BCUT2D eigenvalue weighted by molar-refractivity contribution is 5.35. The molecule has 0 N–H and O–H groups in total. The van der Waals surface area contributed by atoms with E-state index in [4.69, 9.17) is 0 Å². The fourth-order valence-corrected chi connectivity index (χ4v) is 2.98. The predicted molar refractivity (Wildman–Crippen MR) is 90.3 cm³/mol. The SMILES string of the molecule is C1=CC(CCc2ccccc2)=C(CCc2ccccc2)C1. The molecule has 0 heterocycles. The van der Waals surface area contributed by atoms with Crippen LogP contribution >= 0.6 is 0 Å². The molecule has 0 bridgehead atoms. The summed E-state index contributed by atoms with van der Waals surface area (Å²) in [7, 11) is 0. The molecule has 0 radical (unpaired) electrons. The van der Waals surface area contributed by atoms with Crippen molar-refractivity contribution in [2.75, 3.05) is 0 Å². The van der Waals surface area contributed by atoms with Crippen LogP contribution in [0.15, 0.2) is 84.0 Å². The quantitative estimate of drug-likeness (QED) is 0.651. The molecule has 0 saturated carbocycles. The highest BCUT2D eigenvalue weighted by Gasteiger charge is 2.09. The van der Waals surface area contributed by atoms with E-state index >= 15 is 0 Å². The van der Waals surface area contributed by atoms with Crippen LogP contribution in [-0.2, 0) is 12.8 Å². The summed E-state index contributed by atoms with van der Waals surface area (Å²) in [6.45, 7) is 0. The minimum absolute atomic E-state index is 1.15. The molecule has 3 rings (SSSR count). The van der Waals surface area contributed by atoms with Crippen LogP contribution in [0.1, 0.15) is 30.4 Å². The molecule has 0 aromatic heterocycles. The lowest BCUT2D eigenvalue weighted by atomic mass is 9.97. The first-order valence-electron chi connectivity index (χ1n) is 7.87. The second kappa shape index (κ2) is 7.08. The molecule has 0 spiro atoms. The van der Waals surface area contributed by atoms with E-state index in [0.717, 1.165) is 19.3 Å². The van der Waals surface area contributed by atoms with E-state index in [-0.39, 0.29) is 0 Å². The Hall–Kier alpha value is -2.08. The van der Waals surface area contributed by atoms with Gasteiger partial charge in [-0.3, -0.25) is 0 Å². The molecule has 2 aromatic rings. The van der Waals surface area contributed by atoms with Crippen LogP contribution in [0.2, 0.25) is 0 Å². The maximum atomic E-state index is 2.34. The summed E-state index contributed by atoms with van der Waals surface area (Å²) in [4.78, 5) is 0. The van der Waals surface area contributed by atoms with Gasteiger partial charge in [0.2, 0.25) is 0 Å². The van der Waals surface area contributed by atoms with Crippen molar-refractivity contribution >= 4 is 0 Å². The number of allylic oxidation sites excluding steroid dienone is 4. The van der Waals surface area contributed by atoms with Gasteiger partial charge in [-0.05, 0) is 48.8 Å². The topological polar surface area (TPSA) is 0 Å². The molecule has 1 aliphatic rings. The first-order valence-corrected chi connectivity index (χ1v) is 7.87. The first kappa shape index (κ1) is 13.9. The fraction of sp³-hybridized carbons (Fsp3) is 0.238. The molecule has 106 valence electrons. The van der Waals surface area contributed by atoms with Crippen molar-refractivity contribution in [2.45, 2.75) is 32.1 Å². The lowest BCUT2D eigenvalue weighted by Crippen LogP contribution is -1.92. The first-order chi connectivity index (χ1) is 10.4. The largest absolute Gasteiger partial charge is 0.0802 e. The summed E-state index contributed by atoms with van der Waals surface area (Å²) in [5, 5.41) is 0. The van der Waals surface area contributed by atoms with Gasteiger partial charge in [0.15, 0.2) is 0 Å². The smallest absolute Gasteiger partial charge is 0.0130 e. The van der Waals surface area contributed by atoms with Gasteiger partial charge >= 0.3 is 0 Å². The Labute approximate surface area is 127 Å². The monoisotopic (exact) mass is 274 g/mol. The molecule has 0 aliphatic heterocycles. The van der Waals surface area contributed by atoms with Crippen LogP contribution < -0.4 is 0 Å². The van der Waals surface area contributed by atoms with Crippen LogP contribution in [-0.4, -0.2) is 0 Å². The van der Waals surface area contributed by atoms with E-state index < -0.39 is 0 Å². The number of benzene rings is 2. The average molecular weight is 274 g/mol. The van der Waals surface area contributed by atoms with Crippen molar-refractivity contribution in [3.05, 3.63) is 95.1 Å². The third-order valence-electron chi connectivity index (χ3n) is 4.22. The predicted octanol–water partition coefficient (Wildman–Crippen LogP) is 5.51. The van der Waals surface area contributed by atoms with E-state index in [1.54, 1.807) is 11.1 Å². The molecular formula is C21H22. The molecule has 0 nitrogen and oxygen atoms in total. The number of hydrogen-bond donors (Lipinski definition) is 0. The number of hydrogen-bond acceptors (Lipinski definition) is 0. The molecule has 21 heavy (non-hydrogen) atoms. The standard InChI is InChI=1S/C21H22/c1-3-8-18(9-4-1)14-16-20-12-7-13-21(20)17-15-19-10-5-2-6-11-19/h1-12H,13-17H2. The van der Waals surface area contributed by atoms with Crippen LogP contribution in [0.25, 0.3) is 0 Å². The van der Waals surface area contributed by atoms with E-state index in [0.29, 0.717) is 0 Å². The molecular weight excluding hydrogens is 252 g/mol. The Morgan fingerprint density at radius 2 is 1.19 bits per heavy atom. The van der Waals surface area contributed by atoms with Gasteiger partial charge in [-0.1, -0.05) is 78.4 Å². The zero-order chi connectivity index (χ0) is 14.3. The second-order valence-corrected chi connectivity index (χ2v) is 5.71. The van der Waals surface area contributed by atoms with Gasteiger partial charge in [0.05, 0.1) is 0 Å². The van der Waals surface area contributed by atoms with Crippen molar-refractivity contribution in [1.82, 2.24) is 0 Å². The van der Waals surface area contributed by atoms with E-state index in [2.05, 4.69) is 72.8 Å². The van der Waals surface area contributed by atoms with Crippen LogP contribution in [0.4, 0.5) is 0 Å².